The van der Waals surface area contributed by atoms with E-state index in [9.17, 15) is 21.6 Å². The van der Waals surface area contributed by atoms with E-state index in [1.165, 1.54) is 0 Å². The minimum atomic E-state index is -4.79. The van der Waals surface area contributed by atoms with E-state index in [-0.39, 0.29) is 10.2 Å². The second kappa shape index (κ2) is 3.53. The van der Waals surface area contributed by atoms with Crippen molar-refractivity contribution in [3.63, 3.8) is 0 Å². The van der Waals surface area contributed by atoms with Gasteiger partial charge in [-0.15, -0.1) is 10.2 Å². The molecule has 6 nitrogen and oxygen atoms in total. The van der Waals surface area contributed by atoms with Crippen LogP contribution in [0, 0.1) is 0 Å². The van der Waals surface area contributed by atoms with E-state index in [4.69, 9.17) is 10.7 Å². The van der Waals surface area contributed by atoms with Crippen LogP contribution in [-0.4, -0.2) is 28.2 Å². The van der Waals surface area contributed by atoms with E-state index < -0.39 is 26.1 Å². The molecule has 0 unspecified atom stereocenters. The smallest absolute Gasteiger partial charge is 0.205 e. The average Bonchev–Trinajstić information content (AvgIpc) is 2.57. The molecule has 2 aromatic heterocycles. The quantitative estimate of drug-likeness (QED) is 0.733. The zero-order chi connectivity index (χ0) is 12.8. The Morgan fingerprint density at radius 3 is 2.41 bits per heavy atom. The third-order valence-electron chi connectivity index (χ3n) is 1.74. The van der Waals surface area contributed by atoms with Gasteiger partial charge in [-0.05, 0) is 12.1 Å². The first-order chi connectivity index (χ1) is 7.69. The molecule has 0 aliphatic rings. The second-order valence-corrected chi connectivity index (χ2v) is 5.41. The van der Waals surface area contributed by atoms with Crippen molar-refractivity contribution in [2.45, 2.75) is 11.2 Å². The van der Waals surface area contributed by atoms with Crippen molar-refractivity contribution in [3.8, 4) is 0 Å². The summed E-state index contributed by atoms with van der Waals surface area (Å²) in [5, 5.41) is 8.59. The van der Waals surface area contributed by atoms with Crippen molar-refractivity contribution in [1.82, 2.24) is 19.8 Å². The molecule has 2 aromatic rings. The Morgan fingerprint density at radius 2 is 1.88 bits per heavy atom. The molecule has 0 bridgehead atoms. The molecule has 0 aromatic carbocycles. The molecule has 0 amide bonds. The van der Waals surface area contributed by atoms with E-state index in [0.29, 0.717) is 0 Å². The van der Waals surface area contributed by atoms with Crippen LogP contribution in [0.4, 0.5) is 13.2 Å². The van der Waals surface area contributed by atoms with Gasteiger partial charge in [0.1, 0.15) is 0 Å². The van der Waals surface area contributed by atoms with Gasteiger partial charge in [-0.25, -0.2) is 8.42 Å². The van der Waals surface area contributed by atoms with Gasteiger partial charge in [0.2, 0.25) is 0 Å². The summed E-state index contributed by atoms with van der Waals surface area (Å²) in [6, 6.07) is 1.96. The highest BCUT2D eigenvalue weighted by Gasteiger charge is 2.37. The second-order valence-electron chi connectivity index (χ2n) is 2.90. The Kier molecular flexibility index (Phi) is 2.51. The molecule has 17 heavy (non-hydrogen) atoms. The van der Waals surface area contributed by atoms with Crippen LogP contribution in [0.3, 0.4) is 0 Å². The lowest BCUT2D eigenvalue weighted by molar-refractivity contribution is -0.146. The first-order valence-electron chi connectivity index (χ1n) is 3.94. The van der Waals surface area contributed by atoms with Gasteiger partial charge in [-0.3, -0.25) is 0 Å². The normalized spacial score (nSPS) is 13.2. The number of nitrogens with zero attached hydrogens (tertiary/aromatic N) is 4. The van der Waals surface area contributed by atoms with Gasteiger partial charge >= 0.3 is 6.18 Å². The largest absolute Gasteiger partial charge is 0.453 e. The molecular weight excluding hydrogens is 285 g/mol. The summed E-state index contributed by atoms with van der Waals surface area (Å²) >= 11 is 0. The lowest BCUT2D eigenvalue weighted by Crippen LogP contribution is -2.13. The zero-order valence-electron chi connectivity index (χ0n) is 7.68. The van der Waals surface area contributed by atoms with Gasteiger partial charge < -0.3 is 0 Å². The fourth-order valence-electron chi connectivity index (χ4n) is 1.08. The summed E-state index contributed by atoms with van der Waals surface area (Å²) in [7, 11) is 0.750. The highest BCUT2D eigenvalue weighted by atomic mass is 35.7. The molecule has 11 heteroatoms. The molecule has 0 saturated heterocycles. The molecule has 0 aliphatic carbocycles. The number of rotatable bonds is 1. The Bertz CT molecular complexity index is 680. The minimum Gasteiger partial charge on any atom is -0.205 e. The molecule has 0 atom stereocenters. The molecule has 2 heterocycles. The molecule has 92 valence electrons. The SMILES string of the molecule is O=S(=O)(Cl)c1ccc2nnc(C(F)(F)F)n2n1. The van der Waals surface area contributed by atoms with Crippen LogP contribution >= 0.6 is 10.7 Å². The van der Waals surface area contributed by atoms with E-state index in [0.717, 1.165) is 12.1 Å². The maximum Gasteiger partial charge on any atom is 0.453 e. The molecule has 0 fully saturated rings. The molecule has 0 N–H and O–H groups in total. The summed E-state index contributed by atoms with van der Waals surface area (Å²) in [5.74, 6) is -1.42. The van der Waals surface area contributed by atoms with Crippen LogP contribution in [0.15, 0.2) is 17.2 Å². The van der Waals surface area contributed by atoms with Crippen molar-refractivity contribution in [1.29, 1.82) is 0 Å². The highest BCUT2D eigenvalue weighted by Crippen LogP contribution is 2.27. The van der Waals surface area contributed by atoms with Gasteiger partial charge in [0, 0.05) is 10.7 Å². The third-order valence-corrected chi connectivity index (χ3v) is 2.93. The van der Waals surface area contributed by atoms with Crippen LogP contribution in [-0.2, 0) is 15.2 Å². The Balaban J connectivity index is 2.76. The van der Waals surface area contributed by atoms with Gasteiger partial charge in [-0.1, -0.05) is 0 Å². The lowest BCUT2D eigenvalue weighted by atomic mass is 10.5. The zero-order valence-corrected chi connectivity index (χ0v) is 9.25. The predicted molar refractivity (Wildman–Crippen MR) is 48.8 cm³/mol. The molecular formula is C6H2ClF3N4O2S. The van der Waals surface area contributed by atoms with Crippen LogP contribution in [0.25, 0.3) is 5.65 Å². The maximum atomic E-state index is 12.4. The lowest BCUT2D eigenvalue weighted by Gasteiger charge is -2.03. The number of halogens is 4. The van der Waals surface area contributed by atoms with E-state index in [2.05, 4.69) is 15.3 Å². The van der Waals surface area contributed by atoms with Crippen molar-refractivity contribution in [2.24, 2.45) is 0 Å². The van der Waals surface area contributed by atoms with Crippen molar-refractivity contribution < 1.29 is 21.6 Å². The topological polar surface area (TPSA) is 77.2 Å². The summed E-state index contributed by atoms with van der Waals surface area (Å²) in [6.07, 6.45) is -4.79. The summed E-state index contributed by atoms with van der Waals surface area (Å²) in [4.78, 5) is 0. The van der Waals surface area contributed by atoms with Crippen molar-refractivity contribution in [3.05, 3.63) is 18.0 Å². The fraction of sp³-hybridized carbons (Fsp3) is 0.167. The third kappa shape index (κ3) is 2.17. The summed E-state index contributed by atoms with van der Waals surface area (Å²) in [6.45, 7) is 0. The Labute approximate surface area is 96.4 Å². The number of hydrogen-bond donors (Lipinski definition) is 0. The van der Waals surface area contributed by atoms with Gasteiger partial charge in [0.05, 0.1) is 0 Å². The van der Waals surface area contributed by atoms with Crippen molar-refractivity contribution >= 4 is 25.4 Å². The first kappa shape index (κ1) is 12.0. The van der Waals surface area contributed by atoms with E-state index >= 15 is 0 Å². The number of hydrogen-bond acceptors (Lipinski definition) is 5. The minimum absolute atomic E-state index is 0.235. The van der Waals surface area contributed by atoms with Crippen LogP contribution in [0.1, 0.15) is 5.82 Å². The fourth-order valence-corrected chi connectivity index (χ4v) is 1.74. The van der Waals surface area contributed by atoms with E-state index in [1.54, 1.807) is 0 Å². The van der Waals surface area contributed by atoms with Crippen LogP contribution in [0.5, 0.6) is 0 Å². The van der Waals surface area contributed by atoms with Gasteiger partial charge in [0.25, 0.3) is 14.9 Å². The predicted octanol–water partition coefficient (Wildman–Crippen LogP) is 1.07. The molecule has 0 spiro atoms. The van der Waals surface area contributed by atoms with E-state index in [1.807, 2.05) is 0 Å². The summed E-state index contributed by atoms with van der Waals surface area (Å²) < 4.78 is 59.4. The molecule has 2 rings (SSSR count). The number of fused-ring (bicyclic) bond motifs is 1. The average molecular weight is 287 g/mol. The number of aromatic nitrogens is 4. The Morgan fingerprint density at radius 1 is 1.24 bits per heavy atom. The van der Waals surface area contributed by atoms with Gasteiger partial charge in [-0.2, -0.15) is 22.8 Å². The first-order valence-corrected chi connectivity index (χ1v) is 6.25. The monoisotopic (exact) mass is 286 g/mol. The van der Waals surface area contributed by atoms with Crippen LogP contribution < -0.4 is 0 Å². The van der Waals surface area contributed by atoms with Gasteiger partial charge in [0.15, 0.2) is 10.7 Å². The number of alkyl halides is 3. The maximum absolute atomic E-state index is 12.4. The highest BCUT2D eigenvalue weighted by molar-refractivity contribution is 8.13. The van der Waals surface area contributed by atoms with Crippen molar-refractivity contribution in [2.75, 3.05) is 0 Å². The molecule has 0 radical (unpaired) electrons. The summed E-state index contributed by atoms with van der Waals surface area (Å²) in [5.41, 5.74) is -0.235. The van der Waals surface area contributed by atoms with Crippen LogP contribution in [0.2, 0.25) is 0 Å². The molecule has 0 aliphatic heterocycles. The Hall–Kier alpha value is -1.42. The molecule has 0 saturated carbocycles. The standard InChI is InChI=1S/C6H2ClF3N4O2S/c7-17(15,16)4-2-1-3-11-12-5(6(8,9)10)14(3)13-4/h1-2H.